The molecule has 2 N–H and O–H groups in total. The average molecular weight is 409 g/mol. The van der Waals surface area contributed by atoms with Crippen molar-refractivity contribution in [3.63, 3.8) is 0 Å². The molecular formula is C21H24F3N2O3+. The predicted molar refractivity (Wildman–Crippen MR) is 102 cm³/mol. The van der Waals surface area contributed by atoms with Gasteiger partial charge in [-0.15, -0.1) is 0 Å². The second-order valence-electron chi connectivity index (χ2n) is 7.01. The highest BCUT2D eigenvalue weighted by molar-refractivity contribution is 5.91. The van der Waals surface area contributed by atoms with E-state index in [1.807, 2.05) is 18.2 Å². The molecule has 1 heterocycles. The molecule has 1 saturated heterocycles. The Labute approximate surface area is 167 Å². The number of quaternary nitrogens is 1. The number of hydrogen-bond donors (Lipinski definition) is 2. The SMILES string of the molecule is COc1ccc([C@@H]2CCC[NH+]2CC(=O)Nc2cccc(C(F)(F)F)c2)c(OC)c1. The minimum Gasteiger partial charge on any atom is -0.497 e. The molecule has 2 atom stereocenters. The van der Waals surface area contributed by atoms with Gasteiger partial charge in [-0.3, -0.25) is 4.79 Å². The maximum absolute atomic E-state index is 12.9. The van der Waals surface area contributed by atoms with E-state index < -0.39 is 11.7 Å². The molecule has 1 fully saturated rings. The normalized spacial score (nSPS) is 19.1. The van der Waals surface area contributed by atoms with E-state index in [1.54, 1.807) is 14.2 Å². The Kier molecular flexibility index (Phi) is 6.32. The number of alkyl halides is 3. The highest BCUT2D eigenvalue weighted by atomic mass is 19.4. The van der Waals surface area contributed by atoms with Crippen LogP contribution in [0, 0.1) is 0 Å². The largest absolute Gasteiger partial charge is 0.497 e. The number of carbonyl (C=O) groups is 1. The fourth-order valence-corrected chi connectivity index (χ4v) is 3.79. The summed E-state index contributed by atoms with van der Waals surface area (Å²) in [6, 6.07) is 10.4. The molecule has 0 aromatic heterocycles. The van der Waals surface area contributed by atoms with E-state index in [0.29, 0.717) is 11.5 Å². The first-order valence-corrected chi connectivity index (χ1v) is 9.35. The molecule has 0 spiro atoms. The van der Waals surface area contributed by atoms with E-state index in [0.717, 1.165) is 42.0 Å². The molecule has 0 radical (unpaired) electrons. The van der Waals surface area contributed by atoms with Gasteiger partial charge in [0.05, 0.1) is 31.9 Å². The fraction of sp³-hybridized carbons (Fsp3) is 0.381. The molecule has 5 nitrogen and oxygen atoms in total. The van der Waals surface area contributed by atoms with Gasteiger partial charge in [0.25, 0.3) is 5.91 Å². The van der Waals surface area contributed by atoms with Crippen LogP contribution < -0.4 is 19.7 Å². The zero-order valence-electron chi connectivity index (χ0n) is 16.3. The summed E-state index contributed by atoms with van der Waals surface area (Å²) in [5.74, 6) is 1.07. The number of rotatable bonds is 6. The van der Waals surface area contributed by atoms with Crippen molar-refractivity contribution in [3.8, 4) is 11.5 Å². The third-order valence-corrected chi connectivity index (χ3v) is 5.16. The summed E-state index contributed by atoms with van der Waals surface area (Å²) in [6.45, 7) is 0.964. The molecule has 1 aliphatic rings. The number of nitrogens with one attached hydrogen (secondary N) is 2. The van der Waals surface area contributed by atoms with Gasteiger partial charge in [0, 0.05) is 24.6 Å². The van der Waals surface area contributed by atoms with Crippen molar-refractivity contribution < 1.29 is 32.3 Å². The van der Waals surface area contributed by atoms with Crippen LogP contribution in [0.5, 0.6) is 11.5 Å². The highest BCUT2D eigenvalue weighted by Gasteiger charge is 2.34. The van der Waals surface area contributed by atoms with Crippen LogP contribution in [-0.2, 0) is 11.0 Å². The number of halogens is 3. The second kappa shape index (κ2) is 8.73. The summed E-state index contributed by atoms with van der Waals surface area (Å²) in [4.78, 5) is 13.6. The number of likely N-dealkylation sites (tertiary alicyclic amines) is 1. The second-order valence-corrected chi connectivity index (χ2v) is 7.01. The van der Waals surface area contributed by atoms with Gasteiger partial charge in [-0.1, -0.05) is 6.07 Å². The van der Waals surface area contributed by atoms with Crippen LogP contribution in [0.4, 0.5) is 18.9 Å². The summed E-state index contributed by atoms with van der Waals surface area (Å²) in [7, 11) is 3.17. The van der Waals surface area contributed by atoms with Crippen LogP contribution in [0.15, 0.2) is 42.5 Å². The van der Waals surface area contributed by atoms with Gasteiger partial charge >= 0.3 is 6.18 Å². The van der Waals surface area contributed by atoms with Crippen LogP contribution >= 0.6 is 0 Å². The van der Waals surface area contributed by atoms with Crippen molar-refractivity contribution in [2.45, 2.75) is 25.1 Å². The number of benzene rings is 2. The maximum Gasteiger partial charge on any atom is 0.416 e. The Balaban J connectivity index is 1.71. The van der Waals surface area contributed by atoms with Crippen molar-refractivity contribution in [2.75, 3.05) is 32.6 Å². The van der Waals surface area contributed by atoms with E-state index in [9.17, 15) is 18.0 Å². The lowest BCUT2D eigenvalue weighted by Gasteiger charge is -2.23. The van der Waals surface area contributed by atoms with Crippen molar-refractivity contribution in [3.05, 3.63) is 53.6 Å². The van der Waals surface area contributed by atoms with Crippen LogP contribution in [0.2, 0.25) is 0 Å². The smallest absolute Gasteiger partial charge is 0.416 e. The Hall–Kier alpha value is -2.74. The van der Waals surface area contributed by atoms with Gasteiger partial charge in [-0.25, -0.2) is 0 Å². The van der Waals surface area contributed by atoms with Gasteiger partial charge < -0.3 is 19.7 Å². The third-order valence-electron chi connectivity index (χ3n) is 5.16. The molecule has 29 heavy (non-hydrogen) atoms. The van der Waals surface area contributed by atoms with Crippen LogP contribution in [-0.4, -0.2) is 33.2 Å². The number of carbonyl (C=O) groups excluding carboxylic acids is 1. The molecular weight excluding hydrogens is 385 g/mol. The first kappa shape index (κ1) is 21.0. The Morgan fingerprint density at radius 2 is 1.97 bits per heavy atom. The van der Waals surface area contributed by atoms with Gasteiger partial charge in [-0.2, -0.15) is 13.2 Å². The lowest BCUT2D eigenvalue weighted by Crippen LogP contribution is -3.11. The molecule has 1 aliphatic heterocycles. The molecule has 1 amide bonds. The quantitative estimate of drug-likeness (QED) is 0.771. The van der Waals surface area contributed by atoms with E-state index >= 15 is 0 Å². The lowest BCUT2D eigenvalue weighted by molar-refractivity contribution is -0.910. The first-order chi connectivity index (χ1) is 13.8. The Bertz CT molecular complexity index is 870. The summed E-state index contributed by atoms with van der Waals surface area (Å²) in [6.07, 6.45) is -2.60. The molecule has 0 bridgehead atoms. The zero-order chi connectivity index (χ0) is 21.0. The van der Waals surface area contributed by atoms with Crippen LogP contribution in [0.25, 0.3) is 0 Å². The topological polar surface area (TPSA) is 52.0 Å². The highest BCUT2D eigenvalue weighted by Crippen LogP contribution is 2.32. The van der Waals surface area contributed by atoms with Gasteiger partial charge in [0.1, 0.15) is 17.5 Å². The van der Waals surface area contributed by atoms with Crippen molar-refractivity contribution >= 4 is 11.6 Å². The molecule has 1 unspecified atom stereocenters. The van der Waals surface area contributed by atoms with E-state index in [-0.39, 0.29) is 24.2 Å². The number of amides is 1. The molecule has 0 saturated carbocycles. The molecule has 8 heteroatoms. The zero-order valence-corrected chi connectivity index (χ0v) is 16.3. The van der Waals surface area contributed by atoms with E-state index in [2.05, 4.69) is 5.32 Å². The van der Waals surface area contributed by atoms with Crippen LogP contribution in [0.3, 0.4) is 0 Å². The van der Waals surface area contributed by atoms with Gasteiger partial charge in [0.2, 0.25) is 0 Å². The molecule has 0 aliphatic carbocycles. The van der Waals surface area contributed by atoms with E-state index in [4.69, 9.17) is 9.47 Å². The van der Waals surface area contributed by atoms with Gasteiger partial charge in [-0.05, 0) is 30.3 Å². The number of methoxy groups -OCH3 is 2. The Morgan fingerprint density at radius 3 is 2.66 bits per heavy atom. The van der Waals surface area contributed by atoms with E-state index in [1.165, 1.54) is 12.1 Å². The molecule has 2 aromatic carbocycles. The predicted octanol–water partition coefficient (Wildman–Crippen LogP) is 3.08. The van der Waals surface area contributed by atoms with Crippen molar-refractivity contribution in [1.82, 2.24) is 0 Å². The monoisotopic (exact) mass is 409 g/mol. The lowest BCUT2D eigenvalue weighted by atomic mass is 10.0. The first-order valence-electron chi connectivity index (χ1n) is 9.35. The fourth-order valence-electron chi connectivity index (χ4n) is 3.79. The minimum atomic E-state index is -4.45. The number of ether oxygens (including phenoxy) is 2. The number of anilines is 1. The summed E-state index contributed by atoms with van der Waals surface area (Å²) in [5.41, 5.74) is 0.347. The van der Waals surface area contributed by atoms with Crippen molar-refractivity contribution in [2.24, 2.45) is 0 Å². The Morgan fingerprint density at radius 1 is 1.17 bits per heavy atom. The van der Waals surface area contributed by atoms with Gasteiger partial charge in [0.15, 0.2) is 6.54 Å². The minimum absolute atomic E-state index is 0.0723. The molecule has 156 valence electrons. The third kappa shape index (κ3) is 5.00. The summed E-state index contributed by atoms with van der Waals surface area (Å²) < 4.78 is 49.3. The number of hydrogen-bond acceptors (Lipinski definition) is 3. The maximum atomic E-state index is 12.9. The summed E-state index contributed by atoms with van der Waals surface area (Å²) >= 11 is 0. The standard InChI is InChI=1S/C21H23F3N2O3/c1-28-16-8-9-17(19(12-16)29-2)18-7-4-10-26(18)13-20(27)25-15-6-3-5-14(11-15)21(22,23)24/h3,5-6,8-9,11-12,18H,4,7,10,13H2,1-2H3,(H,25,27)/p+1/t18-/m0/s1. The van der Waals surface area contributed by atoms with Crippen LogP contribution in [0.1, 0.15) is 30.0 Å². The summed E-state index contributed by atoms with van der Waals surface area (Å²) in [5, 5.41) is 2.59. The average Bonchev–Trinajstić information content (AvgIpc) is 3.14. The van der Waals surface area contributed by atoms with Crippen molar-refractivity contribution in [1.29, 1.82) is 0 Å². The molecule has 3 rings (SSSR count). The molecule has 2 aromatic rings.